The van der Waals surface area contributed by atoms with Crippen molar-refractivity contribution in [3.8, 4) is 11.3 Å². The van der Waals surface area contributed by atoms with Gasteiger partial charge in [0.1, 0.15) is 5.82 Å². The summed E-state index contributed by atoms with van der Waals surface area (Å²) in [5.41, 5.74) is 6.58. The predicted molar refractivity (Wildman–Crippen MR) is 105 cm³/mol. The first-order chi connectivity index (χ1) is 11.6. The van der Waals surface area contributed by atoms with Gasteiger partial charge in [0.25, 0.3) is 0 Å². The molecule has 0 bridgehead atoms. The quantitative estimate of drug-likeness (QED) is 0.729. The summed E-state index contributed by atoms with van der Waals surface area (Å²) in [4.78, 5) is 27.4. The number of thiazole rings is 1. The van der Waals surface area contributed by atoms with E-state index in [-0.39, 0.29) is 35.2 Å². The molecule has 0 saturated carbocycles. The molecule has 1 aromatic heterocycles. The van der Waals surface area contributed by atoms with Crippen molar-refractivity contribution in [3.05, 3.63) is 29.4 Å². The number of nitrogens with two attached hydrogens (primary N) is 1. The second-order valence-electron chi connectivity index (χ2n) is 6.75. The van der Waals surface area contributed by atoms with Crippen LogP contribution in [-0.2, 0) is 9.59 Å². The third kappa shape index (κ3) is 5.48. The Morgan fingerprint density at radius 1 is 1.27 bits per heavy atom. The molecule has 0 radical (unpaired) electrons. The van der Waals surface area contributed by atoms with Gasteiger partial charge in [-0.25, -0.2) is 9.37 Å². The molecule has 2 rings (SSSR count). The number of aromatic nitrogens is 1. The molecule has 0 aliphatic rings. The number of halogens is 2. The topological polar surface area (TPSA) is 97.1 Å². The normalized spacial score (nSPS) is 12.1. The summed E-state index contributed by atoms with van der Waals surface area (Å²) in [5.74, 6) is -1.13. The van der Waals surface area contributed by atoms with Crippen LogP contribution < -0.4 is 16.4 Å². The van der Waals surface area contributed by atoms with E-state index in [0.717, 1.165) is 0 Å². The lowest BCUT2D eigenvalue weighted by Crippen LogP contribution is -2.45. The largest absolute Gasteiger partial charge is 0.326 e. The second kappa shape index (κ2) is 8.57. The summed E-state index contributed by atoms with van der Waals surface area (Å²) < 4.78 is 14.2. The van der Waals surface area contributed by atoms with Gasteiger partial charge < -0.3 is 16.4 Å². The number of amides is 2. The third-order valence-electron chi connectivity index (χ3n) is 3.52. The summed E-state index contributed by atoms with van der Waals surface area (Å²) in [7, 11) is 0. The molecule has 2 aromatic rings. The minimum absolute atomic E-state index is 0. The lowest BCUT2D eigenvalue weighted by Gasteiger charge is -2.25. The monoisotopic (exact) mass is 400 g/mol. The molecule has 0 fully saturated rings. The maximum absolute atomic E-state index is 14.2. The Morgan fingerprint density at radius 3 is 2.46 bits per heavy atom. The lowest BCUT2D eigenvalue weighted by molar-refractivity contribution is -0.119. The molecule has 4 N–H and O–H groups in total. The minimum Gasteiger partial charge on any atom is -0.326 e. The fourth-order valence-corrected chi connectivity index (χ4v) is 2.75. The van der Waals surface area contributed by atoms with Crippen LogP contribution in [0.15, 0.2) is 23.6 Å². The number of anilines is 2. The van der Waals surface area contributed by atoms with Gasteiger partial charge in [-0.1, -0.05) is 20.8 Å². The molecular formula is C17H22ClFN4O2S. The maximum atomic E-state index is 14.2. The van der Waals surface area contributed by atoms with Crippen LogP contribution in [0.1, 0.15) is 27.7 Å². The van der Waals surface area contributed by atoms with Crippen LogP contribution in [0.3, 0.4) is 0 Å². The lowest BCUT2D eigenvalue weighted by atomic mass is 9.87. The van der Waals surface area contributed by atoms with Gasteiger partial charge in [0.05, 0.1) is 11.7 Å². The number of nitrogens with zero attached hydrogens (tertiary/aromatic N) is 1. The van der Waals surface area contributed by atoms with Crippen LogP contribution in [0.5, 0.6) is 0 Å². The van der Waals surface area contributed by atoms with E-state index in [4.69, 9.17) is 5.73 Å². The van der Waals surface area contributed by atoms with Crippen molar-refractivity contribution in [2.75, 3.05) is 10.6 Å². The Kier molecular flexibility index (Phi) is 7.25. The summed E-state index contributed by atoms with van der Waals surface area (Å²) in [6.45, 7) is 6.97. The smallest absolute Gasteiger partial charge is 0.243 e. The average molecular weight is 401 g/mol. The molecule has 0 aliphatic carbocycles. The van der Waals surface area contributed by atoms with Crippen LogP contribution >= 0.6 is 23.7 Å². The highest BCUT2D eigenvalue weighted by atomic mass is 35.5. The van der Waals surface area contributed by atoms with Gasteiger partial charge in [-0.3, -0.25) is 9.59 Å². The van der Waals surface area contributed by atoms with E-state index in [9.17, 15) is 14.0 Å². The SMILES string of the molecule is CC(=O)Nc1ccc(-c2csc(NC(=O)[C@@H](N)C(C)(C)C)n2)c(F)c1.Cl. The van der Waals surface area contributed by atoms with Crippen molar-refractivity contribution in [2.24, 2.45) is 11.1 Å². The van der Waals surface area contributed by atoms with Crippen molar-refractivity contribution in [2.45, 2.75) is 33.7 Å². The molecule has 142 valence electrons. The zero-order valence-corrected chi connectivity index (χ0v) is 16.6. The van der Waals surface area contributed by atoms with Gasteiger partial charge in [0.2, 0.25) is 11.8 Å². The fraction of sp³-hybridized carbons (Fsp3) is 0.353. The number of benzene rings is 1. The number of hydrogen-bond acceptors (Lipinski definition) is 5. The molecule has 0 unspecified atom stereocenters. The van der Waals surface area contributed by atoms with Crippen molar-refractivity contribution in [3.63, 3.8) is 0 Å². The highest BCUT2D eigenvalue weighted by Gasteiger charge is 2.28. The van der Waals surface area contributed by atoms with Gasteiger partial charge in [-0.15, -0.1) is 23.7 Å². The highest BCUT2D eigenvalue weighted by Crippen LogP contribution is 2.29. The van der Waals surface area contributed by atoms with E-state index in [0.29, 0.717) is 16.5 Å². The van der Waals surface area contributed by atoms with Crippen LogP contribution in [0.2, 0.25) is 0 Å². The van der Waals surface area contributed by atoms with E-state index in [2.05, 4.69) is 15.6 Å². The average Bonchev–Trinajstić information content (AvgIpc) is 2.93. The van der Waals surface area contributed by atoms with Gasteiger partial charge in [0.15, 0.2) is 5.13 Å². The van der Waals surface area contributed by atoms with Gasteiger partial charge in [-0.05, 0) is 23.6 Å². The van der Waals surface area contributed by atoms with E-state index in [1.165, 1.54) is 30.4 Å². The third-order valence-corrected chi connectivity index (χ3v) is 4.27. The second-order valence-corrected chi connectivity index (χ2v) is 7.60. The minimum atomic E-state index is -0.687. The Hall–Kier alpha value is -2.03. The number of nitrogens with one attached hydrogen (secondary N) is 2. The first kappa shape index (κ1) is 22.0. The Labute approximate surface area is 161 Å². The number of carbonyl (C=O) groups is 2. The molecule has 0 saturated heterocycles. The first-order valence-corrected chi connectivity index (χ1v) is 8.55. The number of rotatable bonds is 4. The van der Waals surface area contributed by atoms with Crippen LogP contribution in [0, 0.1) is 11.2 Å². The van der Waals surface area contributed by atoms with Gasteiger partial charge >= 0.3 is 0 Å². The van der Waals surface area contributed by atoms with Gasteiger partial charge in [-0.2, -0.15) is 0 Å². The summed E-state index contributed by atoms with van der Waals surface area (Å²) in [5, 5.41) is 7.17. The molecule has 26 heavy (non-hydrogen) atoms. The number of carbonyl (C=O) groups excluding carboxylic acids is 2. The highest BCUT2D eigenvalue weighted by molar-refractivity contribution is 7.14. The van der Waals surface area contributed by atoms with Crippen molar-refractivity contribution in [1.82, 2.24) is 4.98 Å². The van der Waals surface area contributed by atoms with E-state index >= 15 is 0 Å². The molecule has 6 nitrogen and oxygen atoms in total. The molecule has 1 atom stereocenters. The van der Waals surface area contributed by atoms with Gasteiger partial charge in [0, 0.05) is 23.6 Å². The summed E-state index contributed by atoms with van der Waals surface area (Å²) in [6.07, 6.45) is 0. The maximum Gasteiger partial charge on any atom is 0.243 e. The molecule has 9 heteroatoms. The van der Waals surface area contributed by atoms with Crippen molar-refractivity contribution in [1.29, 1.82) is 0 Å². The Balaban J connectivity index is 0.00000338. The van der Waals surface area contributed by atoms with Crippen LogP contribution in [0.25, 0.3) is 11.3 Å². The molecule has 0 aliphatic heterocycles. The van der Waals surface area contributed by atoms with E-state index in [1.54, 1.807) is 11.4 Å². The van der Waals surface area contributed by atoms with Crippen molar-refractivity contribution < 1.29 is 14.0 Å². The fourth-order valence-electron chi connectivity index (χ4n) is 2.04. The summed E-state index contributed by atoms with van der Waals surface area (Å²) in [6, 6.07) is 3.66. The summed E-state index contributed by atoms with van der Waals surface area (Å²) >= 11 is 1.19. The van der Waals surface area contributed by atoms with E-state index in [1.807, 2.05) is 20.8 Å². The molecule has 0 spiro atoms. The first-order valence-electron chi connectivity index (χ1n) is 7.67. The standard InChI is InChI=1S/C17H21FN4O2S.ClH/c1-9(23)20-10-5-6-11(12(18)7-10)13-8-25-16(21-13)22-15(24)14(19)17(2,3)4;/h5-8,14H,19H2,1-4H3,(H,20,23)(H,21,22,24);1H/t14-;/m1./s1. The predicted octanol–water partition coefficient (Wildman–Crippen LogP) is 3.64. The zero-order chi connectivity index (χ0) is 18.8. The Morgan fingerprint density at radius 2 is 1.92 bits per heavy atom. The number of hydrogen-bond donors (Lipinski definition) is 3. The molecule has 1 heterocycles. The van der Waals surface area contributed by atoms with Crippen LogP contribution in [-0.4, -0.2) is 22.8 Å². The Bertz CT molecular complexity index is 804. The van der Waals surface area contributed by atoms with E-state index < -0.39 is 11.9 Å². The molecule has 2 amide bonds. The molecule has 1 aromatic carbocycles. The zero-order valence-electron chi connectivity index (χ0n) is 14.9. The molecular weight excluding hydrogens is 379 g/mol. The van der Waals surface area contributed by atoms with Crippen molar-refractivity contribution >= 4 is 46.4 Å². The van der Waals surface area contributed by atoms with Crippen LogP contribution in [0.4, 0.5) is 15.2 Å².